The summed E-state index contributed by atoms with van der Waals surface area (Å²) in [5.41, 5.74) is 11.0. The topological polar surface area (TPSA) is 315 Å². The van der Waals surface area contributed by atoms with E-state index in [1.165, 1.54) is 32.0 Å². The fraction of sp³-hybridized carbons (Fsp3) is 0.387. The number of nitrogens with one attached hydrogen (secondary N) is 5. The van der Waals surface area contributed by atoms with Crippen molar-refractivity contribution in [1.82, 2.24) is 26.6 Å². The molecule has 0 saturated heterocycles. The van der Waals surface area contributed by atoms with Gasteiger partial charge in [-0.2, -0.15) is 0 Å². The molecule has 50 heavy (non-hydrogen) atoms. The molecule has 270 valence electrons. The number of nitrogen functional groups attached to an aromatic ring is 1. The number of nitro groups is 1. The standard InChI is InChI=1S/C31H40N8O11/c1-14(2)25(38-28(45)16(4)34-27(44)15(3)35-29(46)18-7-5-6-8-19(18)32)31(48)37-21(13-24(41)42)30(47)36-20(26(33)43)11-17-9-10-23(40)22(12-17)39(49)50/h5-10,12,14-16,20-21,25,40H,11,13,32H2,1-4H3,(H2,33,43)(H,34,44)(H,35,46)(H,36,47)(H,37,48)(H,38,45)(H,41,42)/t15-,16-,20-,21-,25-/m0/s1. The summed E-state index contributed by atoms with van der Waals surface area (Å²) in [5.74, 6) is -8.14. The summed E-state index contributed by atoms with van der Waals surface area (Å²) < 4.78 is 0. The van der Waals surface area contributed by atoms with Gasteiger partial charge < -0.3 is 48.3 Å². The number of phenolic OH excluding ortho intramolecular Hbond substituents is 1. The molecule has 0 spiro atoms. The van der Waals surface area contributed by atoms with Gasteiger partial charge in [0.25, 0.3) is 5.91 Å². The number of primary amides is 1. The van der Waals surface area contributed by atoms with E-state index in [1.54, 1.807) is 26.0 Å². The number of aliphatic carboxylic acids is 1. The largest absolute Gasteiger partial charge is 0.502 e. The van der Waals surface area contributed by atoms with E-state index in [0.717, 1.165) is 12.1 Å². The number of anilines is 1. The Balaban J connectivity index is 2.11. The Morgan fingerprint density at radius 3 is 1.94 bits per heavy atom. The van der Waals surface area contributed by atoms with Crippen LogP contribution in [0.4, 0.5) is 11.4 Å². The van der Waals surface area contributed by atoms with Crippen molar-refractivity contribution in [3.05, 3.63) is 63.7 Å². The summed E-state index contributed by atoms with van der Waals surface area (Å²) in [4.78, 5) is 98.6. The molecule has 0 unspecified atom stereocenters. The van der Waals surface area contributed by atoms with Crippen molar-refractivity contribution in [2.75, 3.05) is 5.73 Å². The Morgan fingerprint density at radius 2 is 1.38 bits per heavy atom. The van der Waals surface area contributed by atoms with Gasteiger partial charge in [0.05, 0.1) is 16.9 Å². The number of benzene rings is 2. The Bertz CT molecular complexity index is 1650. The molecule has 0 aliphatic heterocycles. The molecule has 0 radical (unpaired) electrons. The average Bonchev–Trinajstić information content (AvgIpc) is 3.02. The van der Waals surface area contributed by atoms with Gasteiger partial charge in [0.2, 0.25) is 29.5 Å². The molecule has 2 aromatic rings. The summed E-state index contributed by atoms with van der Waals surface area (Å²) in [6.45, 7) is 5.80. The fourth-order valence-electron chi connectivity index (χ4n) is 4.48. The van der Waals surface area contributed by atoms with Gasteiger partial charge in [-0.25, -0.2) is 0 Å². The maximum absolute atomic E-state index is 13.3. The highest BCUT2D eigenvalue weighted by molar-refractivity contribution is 6.02. The second-order valence-electron chi connectivity index (χ2n) is 11.6. The van der Waals surface area contributed by atoms with E-state index in [-0.39, 0.29) is 23.2 Å². The summed E-state index contributed by atoms with van der Waals surface area (Å²) in [7, 11) is 0. The fourth-order valence-corrected chi connectivity index (χ4v) is 4.48. The van der Waals surface area contributed by atoms with Crippen molar-refractivity contribution in [2.45, 2.75) is 70.7 Å². The molecule has 11 N–H and O–H groups in total. The summed E-state index contributed by atoms with van der Waals surface area (Å²) >= 11 is 0. The highest BCUT2D eigenvalue weighted by Crippen LogP contribution is 2.26. The van der Waals surface area contributed by atoms with Crippen LogP contribution in [0.1, 0.15) is 50.0 Å². The van der Waals surface area contributed by atoms with Crippen LogP contribution in [-0.4, -0.2) is 86.8 Å². The molecule has 0 saturated carbocycles. The highest BCUT2D eigenvalue weighted by Gasteiger charge is 2.33. The lowest BCUT2D eigenvalue weighted by molar-refractivity contribution is -0.385. The van der Waals surface area contributed by atoms with Crippen molar-refractivity contribution < 1.29 is 48.7 Å². The minimum absolute atomic E-state index is 0.124. The zero-order chi connectivity index (χ0) is 37.9. The predicted octanol–water partition coefficient (Wildman–Crippen LogP) is -1.18. The third kappa shape index (κ3) is 11.5. The number of hydrogen-bond donors (Lipinski definition) is 9. The highest BCUT2D eigenvalue weighted by atomic mass is 16.6. The molecule has 0 fully saturated rings. The van der Waals surface area contributed by atoms with E-state index < -0.39 is 100 Å². The zero-order valence-corrected chi connectivity index (χ0v) is 27.6. The van der Waals surface area contributed by atoms with E-state index in [0.29, 0.717) is 0 Å². The molecule has 0 aliphatic rings. The molecule has 2 rings (SSSR count). The summed E-state index contributed by atoms with van der Waals surface area (Å²) in [5, 5.41) is 42.1. The maximum atomic E-state index is 13.3. The molecule has 2 aromatic carbocycles. The van der Waals surface area contributed by atoms with Crippen molar-refractivity contribution in [3.8, 4) is 5.75 Å². The van der Waals surface area contributed by atoms with Crippen molar-refractivity contribution in [2.24, 2.45) is 11.7 Å². The Labute approximate surface area is 285 Å². The molecular formula is C31H40N8O11. The number of carbonyl (C=O) groups excluding carboxylic acids is 6. The SMILES string of the molecule is CC(C)[C@H](NC(=O)[C@H](C)NC(=O)[C@H](C)NC(=O)c1ccccc1N)C(=O)N[C@@H](CC(=O)O)C(=O)N[C@@H](Cc1ccc(O)c([N+](=O)[O-])c1)C(N)=O. The first-order valence-electron chi connectivity index (χ1n) is 15.2. The Hall–Kier alpha value is -6.27. The van der Waals surface area contributed by atoms with Crippen molar-refractivity contribution in [1.29, 1.82) is 0 Å². The lowest BCUT2D eigenvalue weighted by Gasteiger charge is -2.27. The molecule has 0 bridgehead atoms. The quantitative estimate of drug-likeness (QED) is 0.0535. The molecule has 0 heterocycles. The van der Waals surface area contributed by atoms with Crippen LogP contribution in [0.5, 0.6) is 5.75 Å². The second-order valence-corrected chi connectivity index (χ2v) is 11.6. The molecule has 0 aromatic heterocycles. The molecule has 5 atom stereocenters. The number of carbonyl (C=O) groups is 7. The lowest BCUT2D eigenvalue weighted by atomic mass is 10.0. The smallest absolute Gasteiger partial charge is 0.310 e. The molecule has 19 nitrogen and oxygen atoms in total. The number of amides is 6. The first-order valence-corrected chi connectivity index (χ1v) is 15.2. The first kappa shape index (κ1) is 39.9. The number of hydrogen-bond acceptors (Lipinski definition) is 11. The van der Waals surface area contributed by atoms with Gasteiger partial charge in [-0.3, -0.25) is 43.7 Å². The first-order chi connectivity index (χ1) is 23.3. The lowest BCUT2D eigenvalue weighted by Crippen LogP contribution is -2.60. The number of nitrogens with two attached hydrogens (primary N) is 2. The van der Waals surface area contributed by atoms with E-state index in [1.807, 2.05) is 0 Å². The van der Waals surface area contributed by atoms with Gasteiger partial charge >= 0.3 is 11.7 Å². The summed E-state index contributed by atoms with van der Waals surface area (Å²) in [6, 6.07) is 2.49. The van der Waals surface area contributed by atoms with E-state index >= 15 is 0 Å². The van der Waals surface area contributed by atoms with Gasteiger partial charge in [0.15, 0.2) is 5.75 Å². The summed E-state index contributed by atoms with van der Waals surface area (Å²) in [6.07, 6.45) is -1.33. The van der Waals surface area contributed by atoms with Crippen LogP contribution in [0.25, 0.3) is 0 Å². The van der Waals surface area contributed by atoms with Crippen LogP contribution in [0, 0.1) is 16.0 Å². The second kappa shape index (κ2) is 17.8. The number of rotatable bonds is 17. The molecular weight excluding hydrogens is 660 g/mol. The molecule has 19 heteroatoms. The third-order valence-corrected chi connectivity index (χ3v) is 7.29. The number of nitro benzene ring substituents is 1. The van der Waals surface area contributed by atoms with E-state index in [9.17, 15) is 53.9 Å². The van der Waals surface area contributed by atoms with Gasteiger partial charge in [-0.05, 0) is 43.5 Å². The Morgan fingerprint density at radius 1 is 0.800 bits per heavy atom. The predicted molar refractivity (Wildman–Crippen MR) is 176 cm³/mol. The van der Waals surface area contributed by atoms with Crippen LogP contribution in [0.3, 0.4) is 0 Å². The van der Waals surface area contributed by atoms with Crippen molar-refractivity contribution >= 4 is 52.8 Å². The van der Waals surface area contributed by atoms with Gasteiger partial charge in [-0.1, -0.05) is 32.0 Å². The minimum atomic E-state index is -1.77. The maximum Gasteiger partial charge on any atom is 0.310 e. The van der Waals surface area contributed by atoms with E-state index in [2.05, 4.69) is 26.6 Å². The van der Waals surface area contributed by atoms with Crippen LogP contribution in [0.15, 0.2) is 42.5 Å². The zero-order valence-electron chi connectivity index (χ0n) is 27.6. The van der Waals surface area contributed by atoms with Crippen LogP contribution >= 0.6 is 0 Å². The number of nitrogens with zero attached hydrogens (tertiary/aromatic N) is 1. The number of carboxylic acid groups (broad SMARTS) is 1. The van der Waals surface area contributed by atoms with Gasteiger partial charge in [-0.15, -0.1) is 0 Å². The normalized spacial score (nSPS) is 13.8. The minimum Gasteiger partial charge on any atom is -0.502 e. The van der Waals surface area contributed by atoms with Crippen LogP contribution in [0.2, 0.25) is 0 Å². The average molecular weight is 701 g/mol. The molecule has 6 amide bonds. The van der Waals surface area contributed by atoms with Crippen LogP contribution in [-0.2, 0) is 35.2 Å². The number of aromatic hydroxyl groups is 1. The van der Waals surface area contributed by atoms with Gasteiger partial charge in [0, 0.05) is 18.2 Å². The van der Waals surface area contributed by atoms with E-state index in [4.69, 9.17) is 11.5 Å². The molecule has 0 aliphatic carbocycles. The Kier molecular flexibility index (Phi) is 14.2. The number of phenols is 1. The number of para-hydroxylation sites is 1. The van der Waals surface area contributed by atoms with Crippen molar-refractivity contribution in [3.63, 3.8) is 0 Å². The number of carboxylic acids is 1. The van der Waals surface area contributed by atoms with Crippen LogP contribution < -0.4 is 38.1 Å². The monoisotopic (exact) mass is 700 g/mol. The van der Waals surface area contributed by atoms with Gasteiger partial charge in [0.1, 0.15) is 30.2 Å². The third-order valence-electron chi connectivity index (χ3n) is 7.29.